The molecule has 0 amide bonds. The van der Waals surface area contributed by atoms with E-state index in [1.54, 1.807) is 0 Å². The van der Waals surface area contributed by atoms with E-state index < -0.39 is 0 Å². The molecule has 2 aromatic rings. The van der Waals surface area contributed by atoms with Gasteiger partial charge in [-0.15, -0.1) is 0 Å². The maximum absolute atomic E-state index is 5.40. The standard InChI is InChI=1S/C11H10BNO2/c1-2-4-10-9(3-1)5-6-11(13-10)12-14-7-8-15-12/h1-6H,7-8H2. The lowest BCUT2D eigenvalue weighted by atomic mass is 9.84. The predicted molar refractivity (Wildman–Crippen MR) is 59.0 cm³/mol. The van der Waals surface area contributed by atoms with Crippen molar-refractivity contribution >= 4 is 23.6 Å². The van der Waals surface area contributed by atoms with Crippen LogP contribution in [0.1, 0.15) is 0 Å². The van der Waals surface area contributed by atoms with Gasteiger partial charge in [-0.1, -0.05) is 24.3 Å². The van der Waals surface area contributed by atoms with E-state index in [9.17, 15) is 0 Å². The largest absolute Gasteiger partial charge is 0.513 e. The molecule has 1 aliphatic rings. The van der Waals surface area contributed by atoms with Crippen molar-refractivity contribution in [2.24, 2.45) is 0 Å². The topological polar surface area (TPSA) is 31.4 Å². The molecule has 0 unspecified atom stereocenters. The van der Waals surface area contributed by atoms with Crippen LogP contribution in [0.3, 0.4) is 0 Å². The molecule has 4 heteroatoms. The average molecular weight is 199 g/mol. The molecule has 74 valence electrons. The van der Waals surface area contributed by atoms with Gasteiger partial charge >= 0.3 is 7.12 Å². The van der Waals surface area contributed by atoms with Gasteiger partial charge in [0.05, 0.1) is 24.3 Å². The molecular formula is C11H10BNO2. The molecular weight excluding hydrogens is 189 g/mol. The Kier molecular flexibility index (Phi) is 2.16. The van der Waals surface area contributed by atoms with Gasteiger partial charge in [-0.3, -0.25) is 4.98 Å². The minimum atomic E-state index is -0.283. The third-order valence-electron chi connectivity index (χ3n) is 2.48. The highest BCUT2D eigenvalue weighted by molar-refractivity contribution is 6.60. The molecule has 0 spiro atoms. The van der Waals surface area contributed by atoms with Crippen LogP contribution >= 0.6 is 0 Å². The summed E-state index contributed by atoms with van der Waals surface area (Å²) >= 11 is 0. The second-order valence-corrected chi connectivity index (χ2v) is 3.50. The lowest BCUT2D eigenvalue weighted by Gasteiger charge is -2.04. The van der Waals surface area contributed by atoms with E-state index in [1.807, 2.05) is 36.4 Å². The van der Waals surface area contributed by atoms with E-state index in [1.165, 1.54) is 0 Å². The number of nitrogens with zero attached hydrogens (tertiary/aromatic N) is 1. The molecule has 3 nitrogen and oxygen atoms in total. The molecule has 1 saturated heterocycles. The number of pyridine rings is 1. The first kappa shape index (κ1) is 8.89. The van der Waals surface area contributed by atoms with Gasteiger partial charge < -0.3 is 9.31 Å². The number of hydrogen-bond donors (Lipinski definition) is 0. The molecule has 1 aliphatic heterocycles. The van der Waals surface area contributed by atoms with Crippen LogP contribution in [0.4, 0.5) is 0 Å². The van der Waals surface area contributed by atoms with Crippen molar-refractivity contribution in [3.05, 3.63) is 36.4 Å². The minimum absolute atomic E-state index is 0.283. The molecule has 0 N–H and O–H groups in total. The monoisotopic (exact) mass is 199 g/mol. The van der Waals surface area contributed by atoms with Crippen LogP contribution < -0.4 is 5.59 Å². The quantitative estimate of drug-likeness (QED) is 0.641. The first-order valence-electron chi connectivity index (χ1n) is 5.02. The first-order chi connectivity index (χ1) is 7.43. The zero-order chi connectivity index (χ0) is 10.1. The number of rotatable bonds is 1. The van der Waals surface area contributed by atoms with Gasteiger partial charge in [0.1, 0.15) is 0 Å². The van der Waals surface area contributed by atoms with Gasteiger partial charge in [0.2, 0.25) is 0 Å². The van der Waals surface area contributed by atoms with Crippen LogP contribution in [0.25, 0.3) is 10.9 Å². The zero-order valence-corrected chi connectivity index (χ0v) is 8.22. The Bertz CT molecular complexity index is 483. The van der Waals surface area contributed by atoms with E-state index in [0.717, 1.165) is 16.5 Å². The Morgan fingerprint density at radius 1 is 1.00 bits per heavy atom. The summed E-state index contributed by atoms with van der Waals surface area (Å²) in [7, 11) is -0.283. The van der Waals surface area contributed by atoms with Crippen LogP contribution in [0, 0.1) is 0 Å². The Hall–Kier alpha value is -1.39. The second-order valence-electron chi connectivity index (χ2n) is 3.50. The van der Waals surface area contributed by atoms with Gasteiger partial charge in [-0.2, -0.15) is 0 Å². The van der Waals surface area contributed by atoms with E-state index in [2.05, 4.69) is 4.98 Å². The number of benzene rings is 1. The third kappa shape index (κ3) is 1.62. The molecule has 2 heterocycles. The van der Waals surface area contributed by atoms with Crippen LogP contribution in [0.5, 0.6) is 0 Å². The fourth-order valence-corrected chi connectivity index (χ4v) is 1.74. The van der Waals surface area contributed by atoms with E-state index >= 15 is 0 Å². The van der Waals surface area contributed by atoms with Crippen LogP contribution in [-0.4, -0.2) is 25.3 Å². The van der Waals surface area contributed by atoms with Crippen molar-refractivity contribution in [3.63, 3.8) is 0 Å². The number of hydrogen-bond acceptors (Lipinski definition) is 3. The van der Waals surface area contributed by atoms with E-state index in [4.69, 9.17) is 9.31 Å². The fraction of sp³-hybridized carbons (Fsp3) is 0.182. The highest BCUT2D eigenvalue weighted by Crippen LogP contribution is 2.09. The summed E-state index contributed by atoms with van der Waals surface area (Å²) in [5, 5.41) is 1.14. The van der Waals surface area contributed by atoms with Crippen LogP contribution in [0.15, 0.2) is 36.4 Å². The Morgan fingerprint density at radius 2 is 1.80 bits per heavy atom. The van der Waals surface area contributed by atoms with Crippen molar-refractivity contribution in [1.82, 2.24) is 4.98 Å². The molecule has 0 radical (unpaired) electrons. The maximum Gasteiger partial charge on any atom is 0.513 e. The minimum Gasteiger partial charge on any atom is -0.404 e. The summed E-state index contributed by atoms with van der Waals surface area (Å²) in [5.41, 5.74) is 1.83. The highest BCUT2D eigenvalue weighted by atomic mass is 16.6. The SMILES string of the molecule is c1ccc2nc(B3OCCO3)ccc2c1. The van der Waals surface area contributed by atoms with Crippen molar-refractivity contribution in [2.75, 3.05) is 13.2 Å². The Labute approximate surface area is 88.2 Å². The number of aromatic nitrogens is 1. The normalized spacial score (nSPS) is 16.1. The lowest BCUT2D eigenvalue weighted by Crippen LogP contribution is -2.34. The van der Waals surface area contributed by atoms with Crippen LogP contribution in [-0.2, 0) is 9.31 Å². The van der Waals surface area contributed by atoms with Gasteiger partial charge in [0.25, 0.3) is 0 Å². The van der Waals surface area contributed by atoms with E-state index in [-0.39, 0.29) is 7.12 Å². The average Bonchev–Trinajstić information content (AvgIpc) is 2.82. The van der Waals surface area contributed by atoms with Crippen molar-refractivity contribution in [3.8, 4) is 0 Å². The molecule has 3 rings (SSSR count). The molecule has 1 fully saturated rings. The second kappa shape index (κ2) is 3.64. The summed E-state index contributed by atoms with van der Waals surface area (Å²) in [6.07, 6.45) is 0. The van der Waals surface area contributed by atoms with Crippen molar-refractivity contribution in [1.29, 1.82) is 0 Å². The van der Waals surface area contributed by atoms with Crippen molar-refractivity contribution < 1.29 is 9.31 Å². The molecule has 15 heavy (non-hydrogen) atoms. The molecule has 1 aromatic heterocycles. The first-order valence-corrected chi connectivity index (χ1v) is 5.02. The zero-order valence-electron chi connectivity index (χ0n) is 8.22. The molecule has 0 aliphatic carbocycles. The highest BCUT2D eigenvalue weighted by Gasteiger charge is 2.27. The smallest absolute Gasteiger partial charge is 0.404 e. The Balaban J connectivity index is 2.05. The summed E-state index contributed by atoms with van der Waals surface area (Å²) in [6, 6.07) is 12.0. The van der Waals surface area contributed by atoms with Gasteiger partial charge in [-0.25, -0.2) is 0 Å². The van der Waals surface area contributed by atoms with Crippen molar-refractivity contribution in [2.45, 2.75) is 0 Å². The maximum atomic E-state index is 5.40. The summed E-state index contributed by atoms with van der Waals surface area (Å²) in [4.78, 5) is 4.51. The summed E-state index contributed by atoms with van der Waals surface area (Å²) in [5.74, 6) is 0. The van der Waals surface area contributed by atoms with E-state index in [0.29, 0.717) is 13.2 Å². The third-order valence-corrected chi connectivity index (χ3v) is 2.48. The molecule has 0 atom stereocenters. The molecule has 0 bridgehead atoms. The van der Waals surface area contributed by atoms with Gasteiger partial charge in [0, 0.05) is 5.39 Å². The van der Waals surface area contributed by atoms with Gasteiger partial charge in [-0.05, 0) is 12.1 Å². The Morgan fingerprint density at radius 3 is 2.67 bits per heavy atom. The lowest BCUT2D eigenvalue weighted by molar-refractivity contribution is 0.365. The predicted octanol–water partition coefficient (Wildman–Crippen LogP) is 0.977. The molecule has 1 aromatic carbocycles. The molecule has 0 saturated carbocycles. The van der Waals surface area contributed by atoms with Crippen LogP contribution in [0.2, 0.25) is 0 Å². The summed E-state index contributed by atoms with van der Waals surface area (Å²) < 4.78 is 10.8. The number of fused-ring (bicyclic) bond motifs is 1. The number of para-hydroxylation sites is 1. The fourth-order valence-electron chi connectivity index (χ4n) is 1.74. The summed E-state index contributed by atoms with van der Waals surface area (Å²) in [6.45, 7) is 1.30. The van der Waals surface area contributed by atoms with Gasteiger partial charge in [0.15, 0.2) is 0 Å².